The van der Waals surface area contributed by atoms with Crippen LogP contribution in [0.25, 0.3) is 0 Å². The van der Waals surface area contributed by atoms with E-state index >= 15 is 0 Å². The second-order valence-electron chi connectivity index (χ2n) is 6.32. The van der Waals surface area contributed by atoms with E-state index in [4.69, 9.17) is 19.3 Å². The van der Waals surface area contributed by atoms with Crippen molar-refractivity contribution < 1.29 is 38.0 Å². The molecule has 1 aliphatic heterocycles. The topological polar surface area (TPSA) is 132 Å². The van der Waals surface area contributed by atoms with Crippen LogP contribution in [0.4, 0.5) is 14.6 Å². The van der Waals surface area contributed by atoms with E-state index in [1.165, 1.54) is 26.4 Å². The van der Waals surface area contributed by atoms with Crippen LogP contribution in [0.3, 0.4) is 0 Å². The first-order valence-electron chi connectivity index (χ1n) is 8.68. The maximum atomic E-state index is 14.2. The summed E-state index contributed by atoms with van der Waals surface area (Å²) >= 11 is 0. The summed E-state index contributed by atoms with van der Waals surface area (Å²) in [5.74, 6) is -4.33. The number of hydrogen-bond donors (Lipinski definition) is 3. The molecule has 1 aromatic carbocycles. The van der Waals surface area contributed by atoms with Gasteiger partial charge in [-0.15, -0.1) is 0 Å². The number of methoxy groups -OCH3 is 2. The van der Waals surface area contributed by atoms with Gasteiger partial charge >= 0.3 is 11.6 Å². The quantitative estimate of drug-likeness (QED) is 0.604. The average molecular weight is 427 g/mol. The standard InChI is InChI=1S/C18H19F2N3O7/c1-28-9-4-3-5-10(29-2)13(9)15(26)21-12-6-7-23(17(27)22-12)16-18(19,20)14(25)11(8-24)30-16/h3-7,11,14,16,24-25H,8H2,1-2H3,(H,21,22,26,27)/t11-,14-,16-/m1/s1. The van der Waals surface area contributed by atoms with Gasteiger partial charge in [0.1, 0.15) is 29.0 Å². The molecule has 0 unspecified atom stereocenters. The van der Waals surface area contributed by atoms with Gasteiger partial charge in [0.2, 0.25) is 6.23 Å². The highest BCUT2D eigenvalue weighted by molar-refractivity contribution is 6.07. The van der Waals surface area contributed by atoms with Gasteiger partial charge in [0, 0.05) is 6.20 Å². The number of aliphatic hydroxyl groups is 2. The summed E-state index contributed by atoms with van der Waals surface area (Å²) in [4.78, 5) is 28.5. The predicted octanol–water partition coefficient (Wildman–Crippen LogP) is 0.399. The van der Waals surface area contributed by atoms with Crippen molar-refractivity contribution >= 4 is 11.7 Å². The Bertz CT molecular complexity index is 976. The monoisotopic (exact) mass is 427 g/mol. The van der Waals surface area contributed by atoms with Crippen LogP contribution in [0.2, 0.25) is 0 Å². The van der Waals surface area contributed by atoms with Crippen LogP contribution >= 0.6 is 0 Å². The molecule has 1 aliphatic rings. The molecule has 0 aliphatic carbocycles. The first-order valence-corrected chi connectivity index (χ1v) is 8.68. The van der Waals surface area contributed by atoms with Crippen LogP contribution in [0.1, 0.15) is 16.6 Å². The second-order valence-corrected chi connectivity index (χ2v) is 6.32. The molecule has 12 heteroatoms. The Balaban J connectivity index is 1.87. The molecule has 1 aromatic heterocycles. The zero-order chi connectivity index (χ0) is 22.1. The van der Waals surface area contributed by atoms with Crippen molar-refractivity contribution in [2.75, 3.05) is 26.1 Å². The fraction of sp³-hybridized carbons (Fsp3) is 0.389. The Hall–Kier alpha value is -3.09. The number of carbonyl (C=O) groups is 1. The number of alkyl halides is 2. The van der Waals surface area contributed by atoms with Crippen molar-refractivity contribution in [2.45, 2.75) is 24.4 Å². The number of hydrogen-bond acceptors (Lipinski definition) is 8. The number of rotatable bonds is 6. The Labute approximate surface area is 168 Å². The third kappa shape index (κ3) is 3.72. The van der Waals surface area contributed by atoms with Crippen molar-refractivity contribution in [3.63, 3.8) is 0 Å². The summed E-state index contributed by atoms with van der Waals surface area (Å²) in [5, 5.41) is 21.0. The second kappa shape index (κ2) is 8.34. The summed E-state index contributed by atoms with van der Waals surface area (Å²) in [5.41, 5.74) is -1.11. The zero-order valence-electron chi connectivity index (χ0n) is 15.9. The lowest BCUT2D eigenvalue weighted by atomic mass is 10.1. The van der Waals surface area contributed by atoms with Crippen LogP contribution in [-0.2, 0) is 4.74 Å². The Morgan fingerprint density at radius 2 is 1.93 bits per heavy atom. The highest BCUT2D eigenvalue weighted by Crippen LogP contribution is 2.42. The number of benzene rings is 1. The molecule has 0 radical (unpaired) electrons. The SMILES string of the molecule is COc1cccc(OC)c1C(=O)Nc1ccn([C@@H]2O[C@H](CO)[C@@H](O)C2(F)F)c(=O)n1. The van der Waals surface area contributed by atoms with E-state index in [-0.39, 0.29) is 22.9 Å². The van der Waals surface area contributed by atoms with Gasteiger partial charge in [-0.3, -0.25) is 9.36 Å². The smallest absolute Gasteiger partial charge is 0.351 e. The maximum absolute atomic E-state index is 14.2. The molecular formula is C18H19F2N3O7. The summed E-state index contributed by atoms with van der Waals surface area (Å²) in [7, 11) is 2.72. The van der Waals surface area contributed by atoms with Gasteiger partial charge in [-0.25, -0.2) is 4.79 Å². The van der Waals surface area contributed by atoms with Crippen LogP contribution < -0.4 is 20.5 Å². The molecule has 0 spiro atoms. The molecule has 3 atom stereocenters. The fourth-order valence-corrected chi connectivity index (χ4v) is 3.03. The van der Waals surface area contributed by atoms with E-state index in [2.05, 4.69) is 10.3 Å². The minimum absolute atomic E-state index is 0.0491. The maximum Gasteiger partial charge on any atom is 0.351 e. The van der Waals surface area contributed by atoms with Crippen molar-refractivity contribution in [3.05, 3.63) is 46.5 Å². The van der Waals surface area contributed by atoms with E-state index in [0.29, 0.717) is 4.57 Å². The van der Waals surface area contributed by atoms with Gasteiger partial charge < -0.3 is 29.7 Å². The molecule has 162 valence electrons. The van der Waals surface area contributed by atoms with Gasteiger partial charge in [0.15, 0.2) is 6.10 Å². The number of halogens is 2. The number of ether oxygens (including phenoxy) is 3. The Morgan fingerprint density at radius 1 is 1.30 bits per heavy atom. The largest absolute Gasteiger partial charge is 0.496 e. The van der Waals surface area contributed by atoms with Gasteiger partial charge in [-0.2, -0.15) is 13.8 Å². The Morgan fingerprint density at radius 3 is 2.43 bits per heavy atom. The number of nitrogens with zero attached hydrogens (tertiary/aromatic N) is 2. The van der Waals surface area contributed by atoms with Gasteiger partial charge in [0.05, 0.1) is 20.8 Å². The van der Waals surface area contributed by atoms with E-state index in [0.717, 1.165) is 12.3 Å². The van der Waals surface area contributed by atoms with Crippen LogP contribution in [-0.4, -0.2) is 64.6 Å². The van der Waals surface area contributed by atoms with Crippen molar-refractivity contribution in [1.29, 1.82) is 0 Å². The first-order chi connectivity index (χ1) is 14.2. The van der Waals surface area contributed by atoms with Crippen molar-refractivity contribution in [3.8, 4) is 11.5 Å². The van der Waals surface area contributed by atoms with E-state index in [1.807, 2.05) is 0 Å². The number of amides is 1. The van der Waals surface area contributed by atoms with Gasteiger partial charge in [-0.05, 0) is 18.2 Å². The molecule has 1 amide bonds. The minimum atomic E-state index is -3.84. The molecule has 30 heavy (non-hydrogen) atoms. The van der Waals surface area contributed by atoms with Gasteiger partial charge in [-0.1, -0.05) is 6.07 Å². The highest BCUT2D eigenvalue weighted by atomic mass is 19.3. The Kier molecular flexibility index (Phi) is 6.01. The normalized spacial score (nSPS) is 22.5. The lowest BCUT2D eigenvalue weighted by Crippen LogP contribution is -2.41. The van der Waals surface area contributed by atoms with Crippen LogP contribution in [0, 0.1) is 0 Å². The van der Waals surface area contributed by atoms with E-state index < -0.39 is 42.6 Å². The lowest BCUT2D eigenvalue weighted by molar-refractivity contribution is -0.140. The molecule has 0 saturated carbocycles. The molecule has 2 heterocycles. The first kappa shape index (κ1) is 21.6. The number of nitrogens with one attached hydrogen (secondary N) is 1. The molecule has 1 fully saturated rings. The molecule has 10 nitrogen and oxygen atoms in total. The molecule has 0 bridgehead atoms. The minimum Gasteiger partial charge on any atom is -0.496 e. The van der Waals surface area contributed by atoms with Crippen LogP contribution in [0.5, 0.6) is 11.5 Å². The molecule has 1 saturated heterocycles. The molecule has 3 N–H and O–H groups in total. The molecule has 2 aromatic rings. The third-order valence-corrected chi connectivity index (χ3v) is 4.54. The number of anilines is 1. The fourth-order valence-electron chi connectivity index (χ4n) is 3.03. The summed E-state index contributed by atoms with van der Waals surface area (Å²) < 4.78 is 44.1. The van der Waals surface area contributed by atoms with E-state index in [1.54, 1.807) is 6.07 Å². The summed E-state index contributed by atoms with van der Waals surface area (Å²) in [6.45, 7) is -0.857. The average Bonchev–Trinajstić information content (AvgIpc) is 2.96. The third-order valence-electron chi connectivity index (χ3n) is 4.54. The summed E-state index contributed by atoms with van der Waals surface area (Å²) in [6.07, 6.45) is -5.08. The van der Waals surface area contributed by atoms with Crippen molar-refractivity contribution in [1.82, 2.24) is 9.55 Å². The highest BCUT2D eigenvalue weighted by Gasteiger charge is 2.59. The van der Waals surface area contributed by atoms with Gasteiger partial charge in [0.25, 0.3) is 5.91 Å². The van der Waals surface area contributed by atoms with Crippen molar-refractivity contribution in [2.24, 2.45) is 0 Å². The number of aromatic nitrogens is 2. The molecule has 3 rings (SSSR count). The predicted molar refractivity (Wildman–Crippen MR) is 97.9 cm³/mol. The zero-order valence-corrected chi connectivity index (χ0v) is 15.9. The number of aliphatic hydroxyl groups excluding tert-OH is 2. The summed E-state index contributed by atoms with van der Waals surface area (Å²) in [6, 6.07) is 5.79. The van der Waals surface area contributed by atoms with Crippen LogP contribution in [0.15, 0.2) is 35.3 Å². The molecular weight excluding hydrogens is 408 g/mol. The lowest BCUT2D eigenvalue weighted by Gasteiger charge is -2.21. The number of carbonyl (C=O) groups excluding carboxylic acids is 1. The van der Waals surface area contributed by atoms with E-state index in [9.17, 15) is 23.5 Å².